The number of ether oxygens (including phenoxy) is 2. The van der Waals surface area contributed by atoms with Crippen LogP contribution in [0.15, 0.2) is 0 Å². The fourth-order valence-electron chi connectivity index (χ4n) is 1.54. The second kappa shape index (κ2) is 4.89. The van der Waals surface area contributed by atoms with Crippen molar-refractivity contribution >= 4 is 12.1 Å². The number of carbonyl (C=O) groups excluding carboxylic acids is 2. The Balaban J connectivity index is 2.84. The highest BCUT2D eigenvalue weighted by molar-refractivity contribution is 5.82. The Hall–Kier alpha value is -1.33. The molecule has 1 fully saturated rings. The summed E-state index contributed by atoms with van der Waals surface area (Å²) in [6.07, 6.45) is -3.57. The van der Waals surface area contributed by atoms with Crippen LogP contribution >= 0.6 is 0 Å². The number of amides is 1. The van der Waals surface area contributed by atoms with Crippen molar-refractivity contribution in [1.29, 1.82) is 0 Å². The van der Waals surface area contributed by atoms with Crippen molar-refractivity contribution in [2.24, 2.45) is 0 Å². The van der Waals surface area contributed by atoms with Gasteiger partial charge in [-0.2, -0.15) is 0 Å². The molecule has 0 radical (unpaired) electrons. The molecule has 1 aliphatic heterocycles. The van der Waals surface area contributed by atoms with E-state index in [1.54, 1.807) is 20.8 Å². The molecule has 1 saturated heterocycles. The minimum atomic E-state index is -2.35. The van der Waals surface area contributed by atoms with Crippen LogP contribution in [0.4, 0.5) is 9.18 Å². The van der Waals surface area contributed by atoms with Gasteiger partial charge in [-0.25, -0.2) is 14.0 Å². The molecule has 2 atom stereocenters. The van der Waals surface area contributed by atoms with Crippen LogP contribution in [0.1, 0.15) is 28.6 Å². The molecule has 1 amide bonds. The van der Waals surface area contributed by atoms with Crippen LogP contribution < -0.4 is 0 Å². The molecule has 6 heteroatoms. The zero-order chi connectivity index (χ0) is 14.1. The van der Waals surface area contributed by atoms with Gasteiger partial charge < -0.3 is 9.47 Å². The van der Waals surface area contributed by atoms with E-state index in [4.69, 9.17) is 6.11 Å². The summed E-state index contributed by atoms with van der Waals surface area (Å²) in [5.74, 6) is -0.743. The van der Waals surface area contributed by atoms with Crippen LogP contribution in [0.5, 0.6) is 0 Å². The van der Waals surface area contributed by atoms with Gasteiger partial charge in [-0.3, -0.25) is 4.90 Å². The Labute approximate surface area is 101 Å². The van der Waals surface area contributed by atoms with Crippen LogP contribution in [0.2, 0.25) is 0 Å². The van der Waals surface area contributed by atoms with E-state index in [-0.39, 0.29) is 0 Å². The quantitative estimate of drug-likeness (QED) is 0.660. The number of rotatable bonds is 1. The van der Waals surface area contributed by atoms with Gasteiger partial charge in [0.25, 0.3) is 0 Å². The second-order valence-corrected chi connectivity index (χ2v) is 4.87. The largest absolute Gasteiger partial charge is 0.467 e. The summed E-state index contributed by atoms with van der Waals surface area (Å²) < 4.78 is 30.5. The maximum absolute atomic E-state index is 13.6. The Morgan fingerprint density at radius 1 is 1.47 bits per heavy atom. The van der Waals surface area contributed by atoms with Gasteiger partial charge in [0, 0.05) is 6.42 Å². The number of carbonyl (C=O) groups is 2. The summed E-state index contributed by atoms with van der Waals surface area (Å²) in [6, 6.07) is -1.10. The lowest BCUT2D eigenvalue weighted by atomic mass is 10.2. The zero-order valence-corrected chi connectivity index (χ0v) is 10.4. The second-order valence-electron chi connectivity index (χ2n) is 4.87. The first-order chi connectivity index (χ1) is 8.06. The van der Waals surface area contributed by atoms with Crippen molar-refractivity contribution in [1.82, 2.24) is 4.90 Å². The van der Waals surface area contributed by atoms with Crippen molar-refractivity contribution in [2.45, 2.75) is 45.0 Å². The summed E-state index contributed by atoms with van der Waals surface area (Å²) in [5.41, 5.74) is -0.749. The molecule has 0 aromatic heterocycles. The molecule has 1 heterocycles. The van der Waals surface area contributed by atoms with Gasteiger partial charge in [0.1, 0.15) is 17.8 Å². The molecular weight excluding hydrogens is 229 g/mol. The molecule has 98 valence electrons. The van der Waals surface area contributed by atoms with Crippen molar-refractivity contribution in [3.05, 3.63) is 0 Å². The Morgan fingerprint density at radius 3 is 2.53 bits per heavy atom. The summed E-state index contributed by atoms with van der Waals surface area (Å²) in [7, 11) is 1.15. The third kappa shape index (κ3) is 3.57. The Kier molecular flexibility index (Phi) is 3.49. The molecule has 0 saturated carbocycles. The van der Waals surface area contributed by atoms with Crippen molar-refractivity contribution < 1.29 is 24.8 Å². The first-order valence-electron chi connectivity index (χ1n) is 5.82. The smallest absolute Gasteiger partial charge is 0.411 e. The van der Waals surface area contributed by atoms with Gasteiger partial charge in [-0.05, 0) is 20.8 Å². The number of likely N-dealkylation sites (tertiary alicyclic amines) is 1. The first-order valence-corrected chi connectivity index (χ1v) is 5.32. The molecule has 17 heavy (non-hydrogen) atoms. The van der Waals surface area contributed by atoms with Gasteiger partial charge in [0.2, 0.25) is 0 Å². The number of esters is 1. The van der Waals surface area contributed by atoms with Crippen LogP contribution in [-0.2, 0) is 14.3 Å². The third-order valence-electron chi connectivity index (χ3n) is 2.23. The summed E-state index contributed by atoms with van der Waals surface area (Å²) in [5, 5.41) is 0. The average molecular weight is 248 g/mol. The van der Waals surface area contributed by atoms with E-state index in [9.17, 15) is 14.0 Å². The highest BCUT2D eigenvalue weighted by atomic mass is 19.1. The standard InChI is InChI=1S/C11H18FNO4/c1-11(2,3)17-10(15)13-6-7(12)5-8(13)9(14)16-4/h7-8H,5-6H2,1-4H3/t7?,8-/m0/s1/i7D. The van der Waals surface area contributed by atoms with Crippen molar-refractivity contribution in [2.75, 3.05) is 13.7 Å². The minimum absolute atomic E-state index is 0.404. The van der Waals surface area contributed by atoms with E-state index in [1.807, 2.05) is 0 Å². The van der Waals surface area contributed by atoms with E-state index in [1.165, 1.54) is 0 Å². The molecule has 0 aromatic carbocycles. The molecule has 0 spiro atoms. The molecular formula is C11H18FNO4. The van der Waals surface area contributed by atoms with Gasteiger partial charge in [-0.1, -0.05) is 0 Å². The van der Waals surface area contributed by atoms with Gasteiger partial charge >= 0.3 is 12.1 Å². The number of hydrogen-bond donors (Lipinski definition) is 0. The van der Waals surface area contributed by atoms with Crippen molar-refractivity contribution in [3.63, 3.8) is 0 Å². The molecule has 5 nitrogen and oxygen atoms in total. The number of halogens is 1. The molecule has 1 rings (SSSR count). The van der Waals surface area contributed by atoms with Crippen LogP contribution in [-0.4, -0.2) is 48.4 Å². The Bertz CT molecular complexity index is 353. The third-order valence-corrected chi connectivity index (χ3v) is 2.23. The van der Waals surface area contributed by atoms with Gasteiger partial charge in [0.15, 0.2) is 0 Å². The monoisotopic (exact) mass is 248 g/mol. The number of hydrogen-bond acceptors (Lipinski definition) is 4. The summed E-state index contributed by atoms with van der Waals surface area (Å²) in [4.78, 5) is 24.2. The highest BCUT2D eigenvalue weighted by Gasteiger charge is 2.42. The predicted octanol–water partition coefficient (Wildman–Crippen LogP) is 1.51. The molecule has 1 aliphatic rings. The van der Waals surface area contributed by atoms with E-state index in [0.29, 0.717) is 0 Å². The maximum Gasteiger partial charge on any atom is 0.411 e. The van der Waals surface area contributed by atoms with Crippen LogP contribution in [0, 0.1) is 0 Å². The van der Waals surface area contributed by atoms with E-state index >= 15 is 0 Å². The summed E-state index contributed by atoms with van der Waals surface area (Å²) in [6.45, 7) is 4.49. The molecule has 0 aliphatic carbocycles. The van der Waals surface area contributed by atoms with Crippen molar-refractivity contribution in [3.8, 4) is 0 Å². The van der Waals surface area contributed by atoms with E-state index in [0.717, 1.165) is 12.0 Å². The highest BCUT2D eigenvalue weighted by Crippen LogP contribution is 2.23. The first kappa shape index (κ1) is 12.1. The van der Waals surface area contributed by atoms with E-state index in [2.05, 4.69) is 4.74 Å². The fourth-order valence-corrected chi connectivity index (χ4v) is 1.54. The number of methoxy groups -OCH3 is 1. The molecule has 0 N–H and O–H groups in total. The van der Waals surface area contributed by atoms with Crippen LogP contribution in [0.3, 0.4) is 0 Å². The van der Waals surface area contributed by atoms with Crippen LogP contribution in [0.25, 0.3) is 0 Å². The number of nitrogens with zero attached hydrogens (tertiary/aromatic N) is 1. The topological polar surface area (TPSA) is 55.8 Å². The lowest BCUT2D eigenvalue weighted by Crippen LogP contribution is -2.43. The zero-order valence-electron chi connectivity index (χ0n) is 11.4. The van der Waals surface area contributed by atoms with Gasteiger partial charge in [-0.15, -0.1) is 0 Å². The van der Waals surface area contributed by atoms with Gasteiger partial charge in [0.05, 0.1) is 15.0 Å². The summed E-state index contributed by atoms with van der Waals surface area (Å²) >= 11 is 0. The number of alkyl halides is 1. The molecule has 1 unspecified atom stereocenters. The Morgan fingerprint density at radius 2 is 2.06 bits per heavy atom. The molecule has 0 aromatic rings. The average Bonchev–Trinajstić information content (AvgIpc) is 2.51. The predicted molar refractivity (Wildman–Crippen MR) is 58.3 cm³/mol. The lowest BCUT2D eigenvalue weighted by Gasteiger charge is -2.27. The normalized spacial score (nSPS) is 29.8. The SMILES string of the molecule is [2H]C1(F)C[C@@H](C(=O)OC)N(C(=O)OC(C)(C)C)C1. The van der Waals surface area contributed by atoms with E-state index < -0.39 is 42.8 Å². The maximum atomic E-state index is 13.6. The fraction of sp³-hybridized carbons (Fsp3) is 0.818. The molecule has 0 bridgehead atoms. The minimum Gasteiger partial charge on any atom is -0.467 e. The lowest BCUT2D eigenvalue weighted by molar-refractivity contribution is -0.145.